The van der Waals surface area contributed by atoms with Gasteiger partial charge < -0.3 is 14.5 Å². The number of carbonyl (C=O) groups excluding carboxylic acids is 3. The smallest absolute Gasteiger partial charge is 0.410 e. The molecule has 3 aliphatic heterocycles. The van der Waals surface area contributed by atoms with E-state index in [0.717, 1.165) is 77.7 Å². The standard InChI is InChI=1S/C36H45Br2ClN4O4/c1-36(2,3)47-35(46)43-12-4-5-29(43)34(45)42-13-8-22(9-14-42)17-30(44)41-15-10-23(11-16-41)32-31-24(19-27(39)20-28(31)38)6-7-25-18-26(37)21-40-33(25)32/h18-23,29,32H,4-17H2,1-3H3/t29?,32-/m1/s1. The van der Waals surface area contributed by atoms with Crippen molar-refractivity contribution in [3.8, 4) is 0 Å². The van der Waals surface area contributed by atoms with Gasteiger partial charge in [0.05, 0.1) is 5.69 Å². The molecule has 0 bridgehead atoms. The molecule has 47 heavy (non-hydrogen) atoms. The SMILES string of the molecule is CC(C)(C)OC(=O)N1CCCC1C(=O)N1CCC(CC(=O)N2CCC([C@H]3c4ncc(Br)cc4CCc4cc(Cl)cc(Br)c43)CC2)CC1. The number of carbonyl (C=O) groups is 3. The normalized spacial score (nSPS) is 22.5. The fourth-order valence-corrected chi connectivity index (χ4v) is 9.52. The van der Waals surface area contributed by atoms with Crippen LogP contribution in [-0.4, -0.2) is 82.0 Å². The van der Waals surface area contributed by atoms with Gasteiger partial charge >= 0.3 is 6.09 Å². The van der Waals surface area contributed by atoms with Crippen LogP contribution in [0.4, 0.5) is 4.79 Å². The number of fused-ring (bicyclic) bond motifs is 2. The molecule has 4 heterocycles. The van der Waals surface area contributed by atoms with Crippen LogP contribution in [0.15, 0.2) is 33.3 Å². The Morgan fingerprint density at radius 1 is 0.915 bits per heavy atom. The summed E-state index contributed by atoms with van der Waals surface area (Å²) in [5, 5.41) is 0.742. The number of ether oxygens (including phenoxy) is 1. The van der Waals surface area contributed by atoms with E-state index >= 15 is 0 Å². The molecule has 0 spiro atoms. The molecule has 2 atom stereocenters. The van der Waals surface area contributed by atoms with Gasteiger partial charge in [-0.15, -0.1) is 0 Å². The molecule has 8 nitrogen and oxygen atoms in total. The zero-order valence-electron chi connectivity index (χ0n) is 27.6. The van der Waals surface area contributed by atoms with Crippen LogP contribution >= 0.6 is 43.5 Å². The lowest BCUT2D eigenvalue weighted by Gasteiger charge is -2.38. The quantitative estimate of drug-likeness (QED) is 0.317. The first kappa shape index (κ1) is 34.7. The fourth-order valence-electron chi connectivity index (χ4n) is 8.02. The first-order valence-corrected chi connectivity index (χ1v) is 19.0. The van der Waals surface area contributed by atoms with E-state index in [-0.39, 0.29) is 23.7 Å². The largest absolute Gasteiger partial charge is 0.444 e. The van der Waals surface area contributed by atoms with Crippen molar-refractivity contribution in [2.45, 2.75) is 96.1 Å². The molecule has 3 fully saturated rings. The lowest BCUT2D eigenvalue weighted by Crippen LogP contribution is -2.51. The summed E-state index contributed by atoms with van der Waals surface area (Å²) in [5.74, 6) is 1.01. The van der Waals surface area contributed by atoms with E-state index in [0.29, 0.717) is 38.4 Å². The number of aryl methyl sites for hydroxylation is 2. The molecule has 4 aliphatic rings. The zero-order chi connectivity index (χ0) is 33.5. The fraction of sp³-hybridized carbons (Fsp3) is 0.611. The third-order valence-corrected chi connectivity index (χ3v) is 11.6. The van der Waals surface area contributed by atoms with Crippen LogP contribution in [0.1, 0.15) is 94.0 Å². The first-order valence-electron chi connectivity index (χ1n) is 17.1. The molecule has 6 rings (SSSR count). The summed E-state index contributed by atoms with van der Waals surface area (Å²) >= 11 is 14.0. The monoisotopic (exact) mass is 790 g/mol. The summed E-state index contributed by atoms with van der Waals surface area (Å²) in [6.07, 6.45) is 8.78. The van der Waals surface area contributed by atoms with Crippen LogP contribution in [0.2, 0.25) is 5.02 Å². The van der Waals surface area contributed by atoms with Gasteiger partial charge in [0.15, 0.2) is 0 Å². The highest BCUT2D eigenvalue weighted by Crippen LogP contribution is 2.46. The second-order valence-electron chi connectivity index (χ2n) is 14.7. The Bertz CT molecular complexity index is 1520. The van der Waals surface area contributed by atoms with E-state index in [1.54, 1.807) is 4.90 Å². The zero-order valence-corrected chi connectivity index (χ0v) is 31.5. The highest BCUT2D eigenvalue weighted by Gasteiger charge is 2.40. The molecular formula is C36H45Br2ClN4O4. The van der Waals surface area contributed by atoms with Crippen molar-refractivity contribution < 1.29 is 19.1 Å². The summed E-state index contributed by atoms with van der Waals surface area (Å²) in [5.41, 5.74) is 4.39. The van der Waals surface area contributed by atoms with Crippen LogP contribution in [-0.2, 0) is 27.2 Å². The predicted octanol–water partition coefficient (Wildman–Crippen LogP) is 7.76. The Morgan fingerprint density at radius 3 is 2.30 bits per heavy atom. The van der Waals surface area contributed by atoms with E-state index in [1.807, 2.05) is 37.9 Å². The van der Waals surface area contributed by atoms with Crippen molar-refractivity contribution in [2.24, 2.45) is 11.8 Å². The molecule has 3 amide bonds. The van der Waals surface area contributed by atoms with Gasteiger partial charge in [-0.25, -0.2) is 4.79 Å². The number of halogens is 3. The van der Waals surface area contributed by atoms with Gasteiger partial charge in [0, 0.05) is 65.2 Å². The second kappa shape index (κ2) is 14.4. The number of likely N-dealkylation sites (tertiary alicyclic amines) is 3. The van der Waals surface area contributed by atoms with Crippen molar-refractivity contribution in [1.29, 1.82) is 0 Å². The van der Waals surface area contributed by atoms with Crippen LogP contribution < -0.4 is 0 Å². The van der Waals surface area contributed by atoms with E-state index in [4.69, 9.17) is 21.3 Å². The lowest BCUT2D eigenvalue weighted by molar-refractivity contribution is -0.138. The Morgan fingerprint density at radius 2 is 1.60 bits per heavy atom. The third-order valence-electron chi connectivity index (χ3n) is 10.3. The number of nitrogens with zero attached hydrogens (tertiary/aromatic N) is 4. The number of benzene rings is 1. The number of hydrogen-bond donors (Lipinski definition) is 0. The molecule has 254 valence electrons. The van der Waals surface area contributed by atoms with Crippen molar-refractivity contribution >= 4 is 61.4 Å². The van der Waals surface area contributed by atoms with Crippen molar-refractivity contribution in [3.63, 3.8) is 0 Å². The van der Waals surface area contributed by atoms with E-state index in [1.165, 1.54) is 16.7 Å². The number of pyridine rings is 1. The molecule has 3 saturated heterocycles. The van der Waals surface area contributed by atoms with Crippen molar-refractivity contribution in [1.82, 2.24) is 19.7 Å². The minimum atomic E-state index is -0.597. The molecule has 1 aromatic carbocycles. The van der Waals surface area contributed by atoms with E-state index in [2.05, 4.69) is 48.9 Å². The molecule has 1 unspecified atom stereocenters. The maximum atomic E-state index is 13.5. The molecule has 0 saturated carbocycles. The number of aromatic nitrogens is 1. The molecule has 0 radical (unpaired) electrons. The molecular weight excluding hydrogens is 748 g/mol. The Labute approximate surface area is 300 Å². The molecule has 2 aromatic rings. The van der Waals surface area contributed by atoms with Crippen LogP contribution in [0.5, 0.6) is 0 Å². The molecule has 11 heteroatoms. The Kier molecular flexibility index (Phi) is 10.6. The second-order valence-corrected chi connectivity index (χ2v) is 16.9. The van der Waals surface area contributed by atoms with E-state index < -0.39 is 17.7 Å². The van der Waals surface area contributed by atoms with E-state index in [9.17, 15) is 14.4 Å². The van der Waals surface area contributed by atoms with Crippen LogP contribution in [0.3, 0.4) is 0 Å². The predicted molar refractivity (Wildman–Crippen MR) is 190 cm³/mol. The Balaban J connectivity index is 1.04. The molecule has 1 aliphatic carbocycles. The number of rotatable bonds is 4. The number of piperidine rings is 2. The van der Waals surface area contributed by atoms with Crippen LogP contribution in [0.25, 0.3) is 0 Å². The maximum Gasteiger partial charge on any atom is 0.410 e. The summed E-state index contributed by atoms with van der Waals surface area (Å²) in [6, 6.07) is 5.86. The van der Waals surface area contributed by atoms with Gasteiger partial charge in [-0.1, -0.05) is 27.5 Å². The van der Waals surface area contributed by atoms with Crippen LogP contribution in [0, 0.1) is 11.8 Å². The van der Waals surface area contributed by atoms with Gasteiger partial charge in [-0.05, 0) is 135 Å². The van der Waals surface area contributed by atoms with Gasteiger partial charge in [-0.3, -0.25) is 19.5 Å². The topological polar surface area (TPSA) is 83.0 Å². The molecule has 0 N–H and O–H groups in total. The summed E-state index contributed by atoms with van der Waals surface area (Å²) < 4.78 is 7.60. The van der Waals surface area contributed by atoms with Gasteiger partial charge in [0.2, 0.25) is 11.8 Å². The summed E-state index contributed by atoms with van der Waals surface area (Å²) in [4.78, 5) is 50.2. The minimum absolute atomic E-state index is 0.0117. The molecule has 1 aromatic heterocycles. The summed E-state index contributed by atoms with van der Waals surface area (Å²) in [6.45, 7) is 8.81. The Hall–Kier alpha value is -2.17. The highest BCUT2D eigenvalue weighted by molar-refractivity contribution is 9.10. The van der Waals surface area contributed by atoms with Gasteiger partial charge in [0.25, 0.3) is 0 Å². The maximum absolute atomic E-state index is 13.5. The van der Waals surface area contributed by atoms with Gasteiger partial charge in [-0.2, -0.15) is 0 Å². The van der Waals surface area contributed by atoms with Gasteiger partial charge in [0.1, 0.15) is 11.6 Å². The van der Waals surface area contributed by atoms with Crippen molar-refractivity contribution in [3.05, 3.63) is 60.7 Å². The number of amides is 3. The number of hydrogen-bond acceptors (Lipinski definition) is 5. The average molecular weight is 793 g/mol. The van der Waals surface area contributed by atoms with Crippen molar-refractivity contribution in [2.75, 3.05) is 32.7 Å². The summed E-state index contributed by atoms with van der Waals surface area (Å²) in [7, 11) is 0. The first-order chi connectivity index (χ1) is 22.4. The lowest BCUT2D eigenvalue weighted by atomic mass is 9.76. The highest BCUT2D eigenvalue weighted by atomic mass is 79.9. The minimum Gasteiger partial charge on any atom is -0.444 e. The third kappa shape index (κ3) is 7.85. The average Bonchev–Trinajstić information content (AvgIpc) is 3.46.